The van der Waals surface area contributed by atoms with Crippen LogP contribution in [0.25, 0.3) is 22.2 Å². The van der Waals surface area contributed by atoms with E-state index in [-0.39, 0.29) is 29.2 Å². The van der Waals surface area contributed by atoms with Gasteiger partial charge in [-0.3, -0.25) is 10.00 Å². The molecule has 4 heterocycles. The number of carbonyl (C=O) groups excluding carboxylic acids is 1. The fourth-order valence-electron chi connectivity index (χ4n) is 4.19. The van der Waals surface area contributed by atoms with Crippen LogP contribution in [0.15, 0.2) is 36.5 Å². The summed E-state index contributed by atoms with van der Waals surface area (Å²) < 4.78 is 62.0. The van der Waals surface area contributed by atoms with Gasteiger partial charge in [0.25, 0.3) is 0 Å². The molecule has 1 saturated heterocycles. The van der Waals surface area contributed by atoms with Crippen LogP contribution in [0.3, 0.4) is 0 Å². The highest BCUT2D eigenvalue weighted by molar-refractivity contribution is 5.97. The Morgan fingerprint density at radius 1 is 1.19 bits per heavy atom. The van der Waals surface area contributed by atoms with Crippen molar-refractivity contribution in [2.24, 2.45) is 0 Å². The molecule has 0 unspecified atom stereocenters. The zero-order chi connectivity index (χ0) is 21.8. The Hall–Kier alpha value is -3.21. The van der Waals surface area contributed by atoms with Gasteiger partial charge in [0.2, 0.25) is 6.10 Å². The maximum Gasteiger partial charge on any atom is 0.430 e. The number of cyclic esters (lactones) is 1. The summed E-state index contributed by atoms with van der Waals surface area (Å²) in [5.41, 5.74) is 0.648. The quantitative estimate of drug-likeness (QED) is 0.592. The largest absolute Gasteiger partial charge is 0.431 e. The molecule has 2 aliphatic heterocycles. The van der Waals surface area contributed by atoms with E-state index < -0.39 is 30.6 Å². The van der Waals surface area contributed by atoms with Crippen molar-refractivity contribution in [1.82, 2.24) is 20.1 Å². The van der Waals surface area contributed by atoms with Crippen LogP contribution >= 0.6 is 0 Å². The summed E-state index contributed by atoms with van der Waals surface area (Å²) in [7, 11) is 0. The lowest BCUT2D eigenvalue weighted by Gasteiger charge is -2.28. The van der Waals surface area contributed by atoms with Crippen LogP contribution in [-0.2, 0) is 4.74 Å². The second-order valence-corrected chi connectivity index (χ2v) is 7.46. The van der Waals surface area contributed by atoms with E-state index in [1.807, 2.05) is 0 Å². The van der Waals surface area contributed by atoms with Gasteiger partial charge in [-0.1, -0.05) is 18.2 Å². The van der Waals surface area contributed by atoms with Gasteiger partial charge < -0.3 is 10.1 Å². The van der Waals surface area contributed by atoms with E-state index in [0.717, 1.165) is 0 Å². The van der Waals surface area contributed by atoms with Gasteiger partial charge in [-0.05, 0) is 25.1 Å². The zero-order valence-corrected chi connectivity index (χ0v) is 16.0. The molecule has 162 valence electrons. The summed E-state index contributed by atoms with van der Waals surface area (Å²) >= 11 is 0. The molecule has 1 aromatic carbocycles. The number of para-hydroxylation sites is 1. The molecule has 0 spiro atoms. The molecule has 2 N–H and O–H groups in total. The van der Waals surface area contributed by atoms with E-state index in [1.54, 1.807) is 28.9 Å². The van der Waals surface area contributed by atoms with Crippen LogP contribution in [0.5, 0.6) is 0 Å². The Balaban J connectivity index is 1.73. The molecular formula is C20H17F4N5O2. The van der Waals surface area contributed by atoms with E-state index in [0.29, 0.717) is 23.9 Å². The number of aromatic nitrogens is 3. The van der Waals surface area contributed by atoms with E-state index in [1.165, 1.54) is 12.3 Å². The maximum absolute atomic E-state index is 14.7. The zero-order valence-electron chi connectivity index (χ0n) is 16.0. The number of alkyl halides is 4. The third-order valence-electron chi connectivity index (χ3n) is 5.55. The van der Waals surface area contributed by atoms with Crippen LogP contribution in [0.2, 0.25) is 0 Å². The Morgan fingerprint density at radius 3 is 2.77 bits per heavy atom. The molecule has 2 aromatic heterocycles. The van der Waals surface area contributed by atoms with Crippen molar-refractivity contribution in [1.29, 1.82) is 0 Å². The second-order valence-electron chi connectivity index (χ2n) is 7.46. The number of rotatable bonds is 2. The first-order chi connectivity index (χ1) is 14.8. The number of hydrogen-bond acceptors (Lipinski definition) is 5. The summed E-state index contributed by atoms with van der Waals surface area (Å²) in [5, 5.41) is 10.3. The third-order valence-corrected chi connectivity index (χ3v) is 5.55. The van der Waals surface area contributed by atoms with E-state index >= 15 is 0 Å². The Kier molecular flexibility index (Phi) is 4.58. The molecule has 0 bridgehead atoms. The molecule has 7 nitrogen and oxygen atoms in total. The normalized spacial score (nSPS) is 23.9. The molecule has 0 radical (unpaired) electrons. The molecule has 1 amide bonds. The minimum absolute atomic E-state index is 0.117. The number of amides is 1. The van der Waals surface area contributed by atoms with Crippen LogP contribution < -0.4 is 10.6 Å². The molecule has 3 aromatic rings. The number of halogens is 4. The topological polar surface area (TPSA) is 81.1 Å². The summed E-state index contributed by atoms with van der Waals surface area (Å²) in [6.07, 6.45) is -7.97. The summed E-state index contributed by atoms with van der Waals surface area (Å²) in [6.45, 7) is 0.782. The number of nitrogens with one attached hydrogen (secondary N) is 2. The number of fused-ring (bicyclic) bond motifs is 2. The van der Waals surface area contributed by atoms with Gasteiger partial charge in [0, 0.05) is 23.7 Å². The lowest BCUT2D eigenvalue weighted by atomic mass is 9.97. The van der Waals surface area contributed by atoms with Gasteiger partial charge in [0.15, 0.2) is 0 Å². The summed E-state index contributed by atoms with van der Waals surface area (Å²) in [4.78, 5) is 15.5. The summed E-state index contributed by atoms with van der Waals surface area (Å²) in [5.74, 6) is -0.236. The Labute approximate surface area is 173 Å². The minimum Gasteiger partial charge on any atom is -0.431 e. The van der Waals surface area contributed by atoms with Crippen molar-refractivity contribution in [3.05, 3.63) is 42.1 Å². The predicted octanol–water partition coefficient (Wildman–Crippen LogP) is 4.14. The number of hydrogen-bond donors (Lipinski definition) is 2. The number of anilines is 1. The van der Waals surface area contributed by atoms with E-state index in [2.05, 4.69) is 25.5 Å². The fraction of sp³-hybridized carbons (Fsp3) is 0.350. The molecule has 11 heteroatoms. The number of piperidine rings is 1. The van der Waals surface area contributed by atoms with Crippen molar-refractivity contribution in [2.75, 3.05) is 18.4 Å². The summed E-state index contributed by atoms with van der Waals surface area (Å²) in [6, 6.07) is 7.83. The molecule has 3 atom stereocenters. The van der Waals surface area contributed by atoms with Crippen molar-refractivity contribution >= 4 is 22.8 Å². The van der Waals surface area contributed by atoms with Crippen molar-refractivity contribution < 1.29 is 27.1 Å². The fourth-order valence-corrected chi connectivity index (χ4v) is 4.19. The number of carbonyl (C=O) groups is 1. The monoisotopic (exact) mass is 435 g/mol. The number of benzene rings is 1. The average Bonchev–Trinajstić information content (AvgIpc) is 3.11. The SMILES string of the molecule is O=C1Nc2nccc(-c3nn([C@H]4CCNC[C@H]4F)c4ccccc34)c2[C@H](C(F)(F)F)O1. The molecule has 1 fully saturated rings. The first-order valence-corrected chi connectivity index (χ1v) is 9.70. The van der Waals surface area contributed by atoms with Crippen LogP contribution in [0, 0.1) is 0 Å². The van der Waals surface area contributed by atoms with Gasteiger partial charge in [-0.15, -0.1) is 0 Å². The van der Waals surface area contributed by atoms with E-state index in [9.17, 15) is 22.4 Å². The first-order valence-electron chi connectivity index (χ1n) is 9.70. The molecule has 0 aliphatic carbocycles. The smallest absolute Gasteiger partial charge is 0.430 e. The van der Waals surface area contributed by atoms with Crippen LogP contribution in [0.1, 0.15) is 24.1 Å². The Bertz CT molecular complexity index is 1160. The lowest BCUT2D eigenvalue weighted by molar-refractivity contribution is -0.206. The molecule has 31 heavy (non-hydrogen) atoms. The van der Waals surface area contributed by atoms with Crippen LogP contribution in [-0.4, -0.2) is 46.3 Å². The van der Waals surface area contributed by atoms with Gasteiger partial charge in [-0.25, -0.2) is 14.2 Å². The molecular weight excluding hydrogens is 418 g/mol. The molecule has 2 aliphatic rings. The number of nitrogens with zero attached hydrogens (tertiary/aromatic N) is 3. The van der Waals surface area contributed by atoms with Crippen molar-refractivity contribution in [3.8, 4) is 11.3 Å². The molecule has 0 saturated carbocycles. The highest BCUT2D eigenvalue weighted by Crippen LogP contribution is 2.46. The number of ether oxygens (including phenoxy) is 1. The van der Waals surface area contributed by atoms with Crippen molar-refractivity contribution in [3.63, 3.8) is 0 Å². The van der Waals surface area contributed by atoms with Gasteiger partial charge in [0.1, 0.15) is 17.7 Å². The third kappa shape index (κ3) is 3.29. The minimum atomic E-state index is -4.85. The average molecular weight is 435 g/mol. The highest BCUT2D eigenvalue weighted by Gasteiger charge is 2.49. The molecule has 5 rings (SSSR count). The predicted molar refractivity (Wildman–Crippen MR) is 103 cm³/mol. The second kappa shape index (κ2) is 7.19. The Morgan fingerprint density at radius 2 is 2.00 bits per heavy atom. The number of pyridine rings is 1. The van der Waals surface area contributed by atoms with E-state index in [4.69, 9.17) is 0 Å². The first kappa shape index (κ1) is 19.7. The highest BCUT2D eigenvalue weighted by atomic mass is 19.4. The lowest BCUT2D eigenvalue weighted by Crippen LogP contribution is -2.39. The maximum atomic E-state index is 14.7. The van der Waals surface area contributed by atoms with Gasteiger partial charge in [-0.2, -0.15) is 18.3 Å². The van der Waals surface area contributed by atoms with Crippen LogP contribution in [0.4, 0.5) is 28.2 Å². The van der Waals surface area contributed by atoms with Gasteiger partial charge in [0.05, 0.1) is 17.1 Å². The standard InChI is InChI=1S/C20H17F4N5O2/c21-12-9-25-7-6-14(12)29-13-4-2-1-3-10(13)16(28-29)11-5-8-26-18-15(11)17(20(22,23)24)31-19(30)27-18/h1-5,8,12,14,17,25H,6-7,9H2,(H,26,27,30)/t12-,14+,17-/m1/s1. The van der Waals surface area contributed by atoms with Crippen molar-refractivity contribution in [2.45, 2.75) is 30.9 Å². The van der Waals surface area contributed by atoms with Gasteiger partial charge >= 0.3 is 12.3 Å².